The minimum absolute atomic E-state index is 0.0558. The van der Waals surface area contributed by atoms with Gasteiger partial charge in [0.1, 0.15) is 5.56 Å². The van der Waals surface area contributed by atoms with E-state index in [1.807, 2.05) is 0 Å². The number of aliphatic imine (C=N–C) groups is 1. The average Bonchev–Trinajstić information content (AvgIpc) is 2.60. The van der Waals surface area contributed by atoms with Crippen molar-refractivity contribution >= 4 is 17.8 Å². The van der Waals surface area contributed by atoms with E-state index in [-0.39, 0.29) is 5.56 Å². The van der Waals surface area contributed by atoms with Gasteiger partial charge in [-0.05, 0) is 32.0 Å². The molecule has 0 aliphatic rings. The Morgan fingerprint density at radius 2 is 2.04 bits per heavy atom. The van der Waals surface area contributed by atoms with E-state index in [2.05, 4.69) is 23.8 Å². The van der Waals surface area contributed by atoms with Crippen LogP contribution in [0.4, 0.5) is 0 Å². The summed E-state index contributed by atoms with van der Waals surface area (Å²) < 4.78 is 0.995. The number of quaternary nitrogens is 1. The van der Waals surface area contributed by atoms with Gasteiger partial charge in [0, 0.05) is 24.2 Å². The number of hydrogen-bond donors (Lipinski definition) is 3. The molecule has 140 valence electrons. The number of nitrogens with one attached hydrogen (secondary N) is 2. The molecule has 0 aliphatic carbocycles. The maximum absolute atomic E-state index is 12.1. The Morgan fingerprint density at radius 1 is 1.31 bits per heavy atom. The number of aromatic nitrogens is 2. The number of benzene rings is 1. The van der Waals surface area contributed by atoms with Crippen LogP contribution in [0, 0.1) is 0 Å². The Kier molecular flexibility index (Phi) is 7.17. The fourth-order valence-electron chi connectivity index (χ4n) is 2.69. The van der Waals surface area contributed by atoms with Crippen LogP contribution in [-0.4, -0.2) is 47.1 Å². The van der Waals surface area contributed by atoms with Crippen LogP contribution in [0.25, 0.3) is 5.69 Å². The quantitative estimate of drug-likeness (QED) is 0.463. The van der Waals surface area contributed by atoms with E-state index in [1.165, 1.54) is 17.2 Å². The Hall–Kier alpha value is -2.38. The Morgan fingerprint density at radius 3 is 2.69 bits per heavy atom. The molecule has 0 amide bonds. The first kappa shape index (κ1) is 19.9. The molecule has 0 unspecified atom stereocenters. The number of nitrogens with zero attached hydrogens (tertiary/aromatic N) is 2. The molecule has 0 aliphatic heterocycles. The van der Waals surface area contributed by atoms with Gasteiger partial charge >= 0.3 is 5.69 Å². The lowest BCUT2D eigenvalue weighted by Crippen LogP contribution is -3.11. The first-order valence-corrected chi connectivity index (χ1v) is 9.03. The van der Waals surface area contributed by atoms with Crippen LogP contribution in [-0.2, 0) is 0 Å². The maximum atomic E-state index is 12.1. The third-order valence-corrected chi connectivity index (χ3v) is 4.46. The SMILES string of the molecule is CC[NH+](CC)CCCN=Cc1c(O)n(-c2cccc(Cl)c2)c(=O)[nH]c1=O. The topological polar surface area (TPSA) is 91.9 Å². The monoisotopic (exact) mass is 379 g/mol. The molecule has 0 fully saturated rings. The van der Waals surface area contributed by atoms with Gasteiger partial charge in [-0.2, -0.15) is 0 Å². The largest absolute Gasteiger partial charge is 0.493 e. The highest BCUT2D eigenvalue weighted by molar-refractivity contribution is 6.30. The van der Waals surface area contributed by atoms with Crippen molar-refractivity contribution in [3.8, 4) is 11.6 Å². The van der Waals surface area contributed by atoms with Gasteiger partial charge in [-0.15, -0.1) is 0 Å². The van der Waals surface area contributed by atoms with Gasteiger partial charge in [0.05, 0.1) is 25.3 Å². The van der Waals surface area contributed by atoms with Crippen LogP contribution < -0.4 is 16.1 Å². The normalized spacial score (nSPS) is 11.5. The first-order chi connectivity index (χ1) is 12.5. The molecular weight excluding hydrogens is 356 g/mol. The van der Waals surface area contributed by atoms with Gasteiger partial charge < -0.3 is 10.0 Å². The summed E-state index contributed by atoms with van der Waals surface area (Å²) >= 11 is 5.94. The summed E-state index contributed by atoms with van der Waals surface area (Å²) in [5.74, 6) is -0.459. The van der Waals surface area contributed by atoms with Crippen LogP contribution in [0.3, 0.4) is 0 Å². The van der Waals surface area contributed by atoms with E-state index in [9.17, 15) is 14.7 Å². The second kappa shape index (κ2) is 9.35. The second-order valence-electron chi connectivity index (χ2n) is 5.91. The highest BCUT2D eigenvalue weighted by Crippen LogP contribution is 2.18. The van der Waals surface area contributed by atoms with E-state index >= 15 is 0 Å². The predicted molar refractivity (Wildman–Crippen MR) is 103 cm³/mol. The van der Waals surface area contributed by atoms with Crippen LogP contribution >= 0.6 is 11.6 Å². The molecule has 2 aromatic rings. The fourth-order valence-corrected chi connectivity index (χ4v) is 2.87. The molecule has 0 spiro atoms. The summed E-state index contributed by atoms with van der Waals surface area (Å²) in [6.07, 6.45) is 2.19. The lowest BCUT2D eigenvalue weighted by molar-refractivity contribution is -0.896. The Labute approximate surface area is 156 Å². The van der Waals surface area contributed by atoms with E-state index in [0.29, 0.717) is 17.3 Å². The van der Waals surface area contributed by atoms with Crippen molar-refractivity contribution < 1.29 is 10.0 Å². The van der Waals surface area contributed by atoms with E-state index in [1.54, 1.807) is 18.2 Å². The highest BCUT2D eigenvalue weighted by Gasteiger charge is 2.14. The summed E-state index contributed by atoms with van der Waals surface area (Å²) in [6.45, 7) is 7.93. The van der Waals surface area contributed by atoms with Crippen LogP contribution in [0.2, 0.25) is 5.02 Å². The van der Waals surface area contributed by atoms with Crippen LogP contribution in [0.15, 0.2) is 38.8 Å². The minimum atomic E-state index is -0.739. The van der Waals surface area contributed by atoms with E-state index in [4.69, 9.17) is 11.6 Å². The molecule has 1 aromatic heterocycles. The number of H-pyrrole nitrogens is 1. The first-order valence-electron chi connectivity index (χ1n) is 8.65. The van der Waals surface area contributed by atoms with Crippen LogP contribution in [0.5, 0.6) is 5.88 Å². The number of hydrogen-bond acceptors (Lipinski definition) is 4. The Bertz CT molecular complexity index is 885. The van der Waals surface area contributed by atoms with Gasteiger partial charge in [-0.1, -0.05) is 17.7 Å². The smallest absolute Gasteiger partial charge is 0.335 e. The molecule has 7 nitrogen and oxygen atoms in total. The lowest BCUT2D eigenvalue weighted by Gasteiger charge is -2.14. The highest BCUT2D eigenvalue weighted by atomic mass is 35.5. The van der Waals surface area contributed by atoms with Gasteiger partial charge in [0.2, 0.25) is 5.88 Å². The van der Waals surface area contributed by atoms with Crippen molar-refractivity contribution in [2.24, 2.45) is 4.99 Å². The third kappa shape index (κ3) is 4.83. The summed E-state index contributed by atoms with van der Waals surface area (Å²) in [4.78, 5) is 32.0. The summed E-state index contributed by atoms with van der Waals surface area (Å²) in [5.41, 5.74) is -1.11. The van der Waals surface area contributed by atoms with Gasteiger partial charge in [0.25, 0.3) is 5.56 Å². The molecule has 8 heteroatoms. The standard InChI is InChI=1S/C18H23ClN4O3/c1-3-22(4-2)10-6-9-20-12-15-16(24)21-18(26)23(17(15)25)14-8-5-7-13(19)11-14/h5,7-8,11-12,25H,3-4,6,9-10H2,1-2H3,(H,21,24,26)/p+1. The molecule has 0 saturated carbocycles. The minimum Gasteiger partial charge on any atom is -0.493 e. The van der Waals surface area contributed by atoms with Crippen molar-refractivity contribution in [2.45, 2.75) is 20.3 Å². The predicted octanol–water partition coefficient (Wildman–Crippen LogP) is 0.618. The number of aromatic hydroxyl groups is 1. The number of rotatable bonds is 8. The van der Waals surface area contributed by atoms with Crippen molar-refractivity contribution in [3.63, 3.8) is 0 Å². The number of aromatic amines is 1. The zero-order valence-electron chi connectivity index (χ0n) is 15.0. The zero-order valence-corrected chi connectivity index (χ0v) is 15.7. The van der Waals surface area contributed by atoms with Crippen molar-refractivity contribution in [1.29, 1.82) is 0 Å². The van der Waals surface area contributed by atoms with Crippen molar-refractivity contribution in [1.82, 2.24) is 9.55 Å². The van der Waals surface area contributed by atoms with Gasteiger partial charge in [-0.3, -0.25) is 14.8 Å². The molecule has 26 heavy (non-hydrogen) atoms. The zero-order chi connectivity index (χ0) is 19.1. The van der Waals surface area contributed by atoms with Crippen molar-refractivity contribution in [2.75, 3.05) is 26.2 Å². The second-order valence-corrected chi connectivity index (χ2v) is 6.34. The Balaban J connectivity index is 2.24. The summed E-state index contributed by atoms with van der Waals surface area (Å²) in [5, 5.41) is 10.8. The number of halogens is 1. The molecule has 0 radical (unpaired) electrons. The molecule has 0 bridgehead atoms. The van der Waals surface area contributed by atoms with Gasteiger partial charge in [-0.25, -0.2) is 9.36 Å². The maximum Gasteiger partial charge on any atom is 0.335 e. The molecular formula is C18H24ClN4O3+. The molecule has 0 atom stereocenters. The average molecular weight is 380 g/mol. The van der Waals surface area contributed by atoms with E-state index < -0.39 is 17.1 Å². The summed E-state index contributed by atoms with van der Waals surface area (Å²) in [7, 11) is 0. The molecule has 1 heterocycles. The van der Waals surface area contributed by atoms with Crippen molar-refractivity contribution in [3.05, 3.63) is 55.7 Å². The van der Waals surface area contributed by atoms with E-state index in [0.717, 1.165) is 30.6 Å². The van der Waals surface area contributed by atoms with Gasteiger partial charge in [0.15, 0.2) is 0 Å². The molecule has 0 saturated heterocycles. The molecule has 3 N–H and O–H groups in total. The van der Waals surface area contributed by atoms with Crippen LogP contribution in [0.1, 0.15) is 25.8 Å². The summed E-state index contributed by atoms with van der Waals surface area (Å²) in [6, 6.07) is 6.44. The molecule has 2 rings (SSSR count). The fraction of sp³-hybridized carbons (Fsp3) is 0.389. The molecule has 1 aromatic carbocycles. The lowest BCUT2D eigenvalue weighted by atomic mass is 10.3. The third-order valence-electron chi connectivity index (χ3n) is 4.23.